The second-order valence-electron chi connectivity index (χ2n) is 3.60. The molecule has 14 heavy (non-hydrogen) atoms. The molecule has 0 radical (unpaired) electrons. The Morgan fingerprint density at radius 2 is 2.00 bits per heavy atom. The molecule has 0 amide bonds. The third-order valence-electron chi connectivity index (χ3n) is 2.27. The first-order valence-electron chi connectivity index (χ1n) is 4.96. The molecule has 1 rings (SSSR count). The van der Waals surface area contributed by atoms with Crippen molar-refractivity contribution in [2.24, 2.45) is 0 Å². The maximum absolute atomic E-state index is 11.6. The first kappa shape index (κ1) is 11.8. The summed E-state index contributed by atoms with van der Waals surface area (Å²) >= 11 is 0. The summed E-state index contributed by atoms with van der Waals surface area (Å²) in [5.41, 5.74) is 0. The molecule has 5 heteroatoms. The van der Waals surface area contributed by atoms with Crippen molar-refractivity contribution < 1.29 is 17.9 Å². The van der Waals surface area contributed by atoms with E-state index in [9.17, 15) is 13.2 Å². The number of alkyl halides is 3. The van der Waals surface area contributed by atoms with E-state index in [4.69, 9.17) is 0 Å². The molecule has 0 aliphatic heterocycles. The van der Waals surface area contributed by atoms with Crippen molar-refractivity contribution in [2.45, 2.75) is 37.9 Å². The molecule has 1 saturated carbocycles. The summed E-state index contributed by atoms with van der Waals surface area (Å²) in [6.07, 6.45) is 0.114. The van der Waals surface area contributed by atoms with Crippen LogP contribution in [0.25, 0.3) is 0 Å². The van der Waals surface area contributed by atoms with E-state index in [-0.39, 0.29) is 6.61 Å². The molecular formula is C9H16F3NO. The van der Waals surface area contributed by atoms with Gasteiger partial charge in [0.05, 0.1) is 0 Å². The molecule has 0 saturated heterocycles. The van der Waals surface area contributed by atoms with Crippen LogP contribution in [0.4, 0.5) is 13.2 Å². The second-order valence-corrected chi connectivity index (χ2v) is 3.60. The summed E-state index contributed by atoms with van der Waals surface area (Å²) in [7, 11) is 0. The van der Waals surface area contributed by atoms with Crippen LogP contribution in [0, 0.1) is 0 Å². The van der Waals surface area contributed by atoms with E-state index in [0.29, 0.717) is 12.5 Å². The van der Waals surface area contributed by atoms with Gasteiger partial charge in [-0.2, -0.15) is 13.2 Å². The summed E-state index contributed by atoms with van der Waals surface area (Å²) in [5.74, 6) is 0. The molecule has 0 unspecified atom stereocenters. The van der Waals surface area contributed by atoms with Gasteiger partial charge in [-0.3, -0.25) is 0 Å². The Morgan fingerprint density at radius 1 is 1.29 bits per heavy atom. The van der Waals surface area contributed by atoms with Gasteiger partial charge < -0.3 is 10.1 Å². The summed E-state index contributed by atoms with van der Waals surface area (Å²) < 4.78 is 39.3. The maximum atomic E-state index is 11.6. The lowest BCUT2D eigenvalue weighted by Crippen LogP contribution is -2.36. The Morgan fingerprint density at radius 3 is 2.50 bits per heavy atom. The fourth-order valence-electron chi connectivity index (χ4n) is 1.28. The van der Waals surface area contributed by atoms with Crippen LogP contribution in [0.2, 0.25) is 0 Å². The highest BCUT2D eigenvalue weighted by molar-refractivity contribution is 4.75. The first-order chi connectivity index (χ1) is 6.58. The fraction of sp³-hybridized carbons (Fsp3) is 1.00. The van der Waals surface area contributed by atoms with Crippen LogP contribution < -0.4 is 5.32 Å². The van der Waals surface area contributed by atoms with Gasteiger partial charge >= 0.3 is 6.18 Å². The number of hydrogen-bond donors (Lipinski definition) is 1. The van der Waals surface area contributed by atoms with Crippen molar-refractivity contribution in [1.29, 1.82) is 0 Å². The van der Waals surface area contributed by atoms with Crippen LogP contribution in [0.5, 0.6) is 0 Å². The Balaban J connectivity index is 1.80. The molecular weight excluding hydrogens is 195 g/mol. The lowest BCUT2D eigenvalue weighted by molar-refractivity contribution is -0.174. The number of ether oxygens (including phenoxy) is 1. The largest absolute Gasteiger partial charge is 0.411 e. The summed E-state index contributed by atoms with van der Waals surface area (Å²) in [6, 6.07) is 0.595. The molecule has 0 aromatic heterocycles. The molecule has 84 valence electrons. The minimum absolute atomic E-state index is 0.180. The van der Waals surface area contributed by atoms with E-state index in [1.165, 1.54) is 19.3 Å². The van der Waals surface area contributed by atoms with Crippen LogP contribution in [0.1, 0.15) is 25.7 Å². The highest BCUT2D eigenvalue weighted by atomic mass is 19.4. The summed E-state index contributed by atoms with van der Waals surface area (Å²) in [6.45, 7) is -0.196. The van der Waals surface area contributed by atoms with Crippen LogP contribution in [-0.2, 0) is 4.74 Å². The van der Waals surface area contributed by atoms with E-state index in [0.717, 1.165) is 6.54 Å². The van der Waals surface area contributed by atoms with Gasteiger partial charge in [-0.05, 0) is 25.8 Å². The van der Waals surface area contributed by atoms with Gasteiger partial charge in [0, 0.05) is 12.6 Å². The molecule has 0 atom stereocenters. The van der Waals surface area contributed by atoms with Gasteiger partial charge in [-0.15, -0.1) is 0 Å². The minimum atomic E-state index is -4.19. The molecule has 0 aromatic rings. The van der Waals surface area contributed by atoms with E-state index in [1.807, 2.05) is 0 Å². The maximum Gasteiger partial charge on any atom is 0.411 e. The van der Waals surface area contributed by atoms with Gasteiger partial charge in [0.2, 0.25) is 0 Å². The molecule has 0 aromatic carbocycles. The average Bonchev–Trinajstić information content (AvgIpc) is 1.97. The van der Waals surface area contributed by atoms with Crippen LogP contribution in [0.15, 0.2) is 0 Å². The standard InChI is InChI=1S/C9H16F3NO/c10-9(11,12)7-14-6-2-5-13-8-3-1-4-8/h8,13H,1-7H2. The quantitative estimate of drug-likeness (QED) is 0.679. The topological polar surface area (TPSA) is 21.3 Å². The van der Waals surface area contributed by atoms with Crippen molar-refractivity contribution in [3.05, 3.63) is 0 Å². The molecule has 1 N–H and O–H groups in total. The third-order valence-corrected chi connectivity index (χ3v) is 2.27. The fourth-order valence-corrected chi connectivity index (χ4v) is 1.28. The predicted octanol–water partition coefficient (Wildman–Crippen LogP) is 2.10. The molecule has 1 aliphatic carbocycles. The summed E-state index contributed by atoms with van der Waals surface area (Å²) in [4.78, 5) is 0. The van der Waals surface area contributed by atoms with E-state index >= 15 is 0 Å². The Hall–Kier alpha value is -0.290. The first-order valence-corrected chi connectivity index (χ1v) is 4.96. The van der Waals surface area contributed by atoms with Crippen molar-refractivity contribution >= 4 is 0 Å². The van der Waals surface area contributed by atoms with Crippen molar-refractivity contribution in [3.63, 3.8) is 0 Å². The molecule has 2 nitrogen and oxygen atoms in total. The summed E-state index contributed by atoms with van der Waals surface area (Å²) in [5, 5.41) is 3.26. The van der Waals surface area contributed by atoms with Gasteiger partial charge in [0.25, 0.3) is 0 Å². The highest BCUT2D eigenvalue weighted by Gasteiger charge is 2.27. The molecule has 1 fully saturated rings. The van der Waals surface area contributed by atoms with Gasteiger partial charge in [-0.1, -0.05) is 6.42 Å². The van der Waals surface area contributed by atoms with E-state index in [2.05, 4.69) is 10.1 Å². The zero-order valence-corrected chi connectivity index (χ0v) is 8.07. The molecule has 1 aliphatic rings. The SMILES string of the molecule is FC(F)(F)COCCCNC1CCC1. The van der Waals surface area contributed by atoms with E-state index < -0.39 is 12.8 Å². The molecule has 0 bridgehead atoms. The van der Waals surface area contributed by atoms with Crippen LogP contribution in [0.3, 0.4) is 0 Å². The lowest BCUT2D eigenvalue weighted by Gasteiger charge is -2.26. The number of rotatable bonds is 6. The van der Waals surface area contributed by atoms with Crippen molar-refractivity contribution in [3.8, 4) is 0 Å². The Labute approximate surface area is 81.8 Å². The van der Waals surface area contributed by atoms with Gasteiger partial charge in [-0.25, -0.2) is 0 Å². The van der Waals surface area contributed by atoms with E-state index in [1.54, 1.807) is 0 Å². The van der Waals surface area contributed by atoms with Crippen molar-refractivity contribution in [1.82, 2.24) is 5.32 Å². The highest BCUT2D eigenvalue weighted by Crippen LogP contribution is 2.17. The number of halogens is 3. The lowest BCUT2D eigenvalue weighted by atomic mass is 9.93. The second kappa shape index (κ2) is 5.56. The van der Waals surface area contributed by atoms with Crippen molar-refractivity contribution in [2.75, 3.05) is 19.8 Å². The minimum Gasteiger partial charge on any atom is -0.372 e. The average molecular weight is 211 g/mol. The van der Waals surface area contributed by atoms with Gasteiger partial charge in [0.15, 0.2) is 0 Å². The predicted molar refractivity (Wildman–Crippen MR) is 47.1 cm³/mol. The monoisotopic (exact) mass is 211 g/mol. The van der Waals surface area contributed by atoms with Gasteiger partial charge in [0.1, 0.15) is 6.61 Å². The zero-order valence-electron chi connectivity index (χ0n) is 8.07. The molecule has 0 heterocycles. The molecule has 0 spiro atoms. The Bertz CT molecular complexity index is 157. The van der Waals surface area contributed by atoms with Crippen LogP contribution >= 0.6 is 0 Å². The third kappa shape index (κ3) is 5.44. The Kier molecular flexibility index (Phi) is 4.68. The normalized spacial score (nSPS) is 18.2. The number of hydrogen-bond acceptors (Lipinski definition) is 2. The van der Waals surface area contributed by atoms with Crippen LogP contribution in [-0.4, -0.2) is 32.0 Å². The zero-order chi connectivity index (χ0) is 10.4. The smallest absolute Gasteiger partial charge is 0.372 e. The number of nitrogens with one attached hydrogen (secondary N) is 1.